The molecule has 25 heavy (non-hydrogen) atoms. The molecule has 3 rings (SSSR count). The molecule has 0 saturated carbocycles. The minimum atomic E-state index is 0.0139. The Morgan fingerprint density at radius 2 is 2.12 bits per heavy atom. The number of rotatable bonds is 7. The van der Waals surface area contributed by atoms with Crippen LogP contribution in [0.5, 0.6) is 0 Å². The number of aromatic nitrogens is 7. The van der Waals surface area contributed by atoms with Gasteiger partial charge in [0.25, 0.3) is 5.78 Å². The van der Waals surface area contributed by atoms with Gasteiger partial charge in [-0.1, -0.05) is 0 Å². The van der Waals surface area contributed by atoms with Crippen molar-refractivity contribution in [2.45, 2.75) is 46.6 Å². The highest BCUT2D eigenvalue weighted by Gasteiger charge is 2.12. The molecule has 1 amide bonds. The van der Waals surface area contributed by atoms with Crippen molar-refractivity contribution in [2.24, 2.45) is 0 Å². The van der Waals surface area contributed by atoms with E-state index < -0.39 is 0 Å². The Morgan fingerprint density at radius 1 is 1.28 bits per heavy atom. The van der Waals surface area contributed by atoms with Gasteiger partial charge in [0.05, 0.1) is 0 Å². The molecule has 0 aliphatic heterocycles. The average molecular weight is 342 g/mol. The third-order valence-corrected chi connectivity index (χ3v) is 4.30. The fourth-order valence-corrected chi connectivity index (χ4v) is 2.89. The first-order chi connectivity index (χ1) is 12.1. The summed E-state index contributed by atoms with van der Waals surface area (Å²) in [4.78, 5) is 20.7. The van der Waals surface area contributed by atoms with Crippen LogP contribution in [0.1, 0.15) is 36.1 Å². The number of carbonyl (C=O) groups excluding carboxylic acids is 1. The zero-order valence-corrected chi connectivity index (χ0v) is 14.7. The van der Waals surface area contributed by atoms with Crippen molar-refractivity contribution in [2.75, 3.05) is 6.54 Å². The van der Waals surface area contributed by atoms with Crippen LogP contribution in [0.3, 0.4) is 0 Å². The van der Waals surface area contributed by atoms with Crippen molar-refractivity contribution in [3.05, 3.63) is 35.4 Å². The average Bonchev–Trinajstić information content (AvgIpc) is 3.23. The van der Waals surface area contributed by atoms with E-state index in [1.807, 2.05) is 25.3 Å². The monoisotopic (exact) mass is 342 g/mol. The van der Waals surface area contributed by atoms with Crippen molar-refractivity contribution >= 4 is 11.7 Å². The fraction of sp³-hybridized carbons (Fsp3) is 0.500. The molecule has 0 aromatic carbocycles. The highest BCUT2D eigenvalue weighted by molar-refractivity contribution is 5.76. The maximum Gasteiger partial charge on any atom is 0.252 e. The van der Waals surface area contributed by atoms with Crippen molar-refractivity contribution in [3.8, 4) is 0 Å². The maximum absolute atomic E-state index is 12.1. The van der Waals surface area contributed by atoms with Gasteiger partial charge in [-0.25, -0.2) is 9.50 Å². The first kappa shape index (κ1) is 17.0. The number of carbonyl (C=O) groups is 1. The van der Waals surface area contributed by atoms with E-state index in [2.05, 4.69) is 30.6 Å². The third-order valence-electron chi connectivity index (χ3n) is 4.30. The van der Waals surface area contributed by atoms with E-state index in [9.17, 15) is 4.79 Å². The van der Waals surface area contributed by atoms with E-state index in [0.29, 0.717) is 31.6 Å². The molecule has 9 nitrogen and oxygen atoms in total. The molecule has 9 heteroatoms. The lowest BCUT2D eigenvalue weighted by Gasteiger charge is -2.10. The smallest absolute Gasteiger partial charge is 0.252 e. The Labute approximate surface area is 145 Å². The summed E-state index contributed by atoms with van der Waals surface area (Å²) in [7, 11) is 0. The molecule has 0 bridgehead atoms. The molecule has 0 spiro atoms. The summed E-state index contributed by atoms with van der Waals surface area (Å²) in [6.07, 6.45) is 4.89. The van der Waals surface area contributed by atoms with Crippen molar-refractivity contribution in [1.82, 2.24) is 39.7 Å². The van der Waals surface area contributed by atoms with Crippen LogP contribution < -0.4 is 5.32 Å². The zero-order valence-electron chi connectivity index (χ0n) is 14.7. The molecular weight excluding hydrogens is 320 g/mol. The molecule has 0 saturated heterocycles. The van der Waals surface area contributed by atoms with E-state index in [-0.39, 0.29) is 5.91 Å². The molecular formula is C16H22N8O. The molecule has 0 aliphatic carbocycles. The van der Waals surface area contributed by atoms with Gasteiger partial charge in [0.2, 0.25) is 5.91 Å². The lowest BCUT2D eigenvalue weighted by atomic mass is 10.1. The quantitative estimate of drug-likeness (QED) is 0.676. The summed E-state index contributed by atoms with van der Waals surface area (Å²) in [5.74, 6) is 1.48. The van der Waals surface area contributed by atoms with Gasteiger partial charge in [-0.2, -0.15) is 10.1 Å². The number of amides is 1. The molecule has 3 heterocycles. The molecule has 3 aromatic rings. The minimum absolute atomic E-state index is 0.0139. The number of nitrogens with zero attached hydrogens (tertiary/aromatic N) is 7. The number of nitrogens with one attached hydrogen (secondary N) is 1. The van der Waals surface area contributed by atoms with E-state index in [0.717, 1.165) is 29.3 Å². The maximum atomic E-state index is 12.1. The first-order valence-electron chi connectivity index (χ1n) is 8.39. The summed E-state index contributed by atoms with van der Waals surface area (Å²) >= 11 is 0. The van der Waals surface area contributed by atoms with Gasteiger partial charge >= 0.3 is 0 Å². The topological polar surface area (TPSA) is 103 Å². The Kier molecular flexibility index (Phi) is 5.01. The van der Waals surface area contributed by atoms with E-state index in [1.54, 1.807) is 10.8 Å². The standard InChI is InChI=1S/C16H22N8O/c1-4-23-10-19-22-14(23)7-8-17-15(25)6-5-13-11(2)21-16-18-9-20-24(16)12(13)3/h9-10H,4-8H2,1-3H3,(H,17,25). The lowest BCUT2D eigenvalue weighted by Crippen LogP contribution is -2.27. The summed E-state index contributed by atoms with van der Waals surface area (Å²) in [6.45, 7) is 7.33. The van der Waals surface area contributed by atoms with Gasteiger partial charge in [0.15, 0.2) is 0 Å². The SMILES string of the molecule is CCn1cnnc1CCNC(=O)CCc1c(C)nc2ncnn2c1C. The predicted molar refractivity (Wildman–Crippen MR) is 91.0 cm³/mol. The van der Waals surface area contributed by atoms with Crippen LogP contribution in [0.2, 0.25) is 0 Å². The number of fused-ring (bicyclic) bond motifs is 1. The summed E-state index contributed by atoms with van der Waals surface area (Å²) < 4.78 is 3.68. The third kappa shape index (κ3) is 3.65. The van der Waals surface area contributed by atoms with Gasteiger partial charge in [0, 0.05) is 37.3 Å². The number of hydrogen-bond donors (Lipinski definition) is 1. The molecule has 0 radical (unpaired) electrons. The Hall–Kier alpha value is -2.84. The lowest BCUT2D eigenvalue weighted by molar-refractivity contribution is -0.121. The summed E-state index contributed by atoms with van der Waals surface area (Å²) in [5, 5.41) is 15.1. The van der Waals surface area contributed by atoms with Crippen LogP contribution in [0.25, 0.3) is 5.78 Å². The molecule has 0 unspecified atom stereocenters. The fourth-order valence-electron chi connectivity index (χ4n) is 2.89. The Morgan fingerprint density at radius 3 is 2.92 bits per heavy atom. The van der Waals surface area contributed by atoms with Gasteiger partial charge in [0.1, 0.15) is 18.5 Å². The Bertz CT molecular complexity index is 882. The second-order valence-electron chi connectivity index (χ2n) is 5.87. The predicted octanol–water partition coefficient (Wildman–Crippen LogP) is 0.644. The molecule has 132 valence electrons. The van der Waals surface area contributed by atoms with Gasteiger partial charge in [-0.3, -0.25) is 4.79 Å². The summed E-state index contributed by atoms with van der Waals surface area (Å²) in [6, 6.07) is 0. The highest BCUT2D eigenvalue weighted by atomic mass is 16.1. The van der Waals surface area contributed by atoms with Crippen LogP contribution in [-0.2, 0) is 24.2 Å². The van der Waals surface area contributed by atoms with E-state index in [1.165, 1.54) is 6.33 Å². The second-order valence-corrected chi connectivity index (χ2v) is 5.87. The van der Waals surface area contributed by atoms with Crippen LogP contribution in [-0.4, -0.2) is 46.8 Å². The number of aryl methyl sites for hydroxylation is 3. The summed E-state index contributed by atoms with van der Waals surface area (Å²) in [5.41, 5.74) is 2.91. The Balaban J connectivity index is 1.54. The number of hydrogen-bond acceptors (Lipinski definition) is 6. The molecule has 0 aliphatic rings. The molecule has 1 N–H and O–H groups in total. The first-order valence-corrected chi connectivity index (χ1v) is 8.39. The van der Waals surface area contributed by atoms with Gasteiger partial charge < -0.3 is 9.88 Å². The largest absolute Gasteiger partial charge is 0.356 e. The van der Waals surface area contributed by atoms with Gasteiger partial charge in [-0.05, 0) is 32.8 Å². The van der Waals surface area contributed by atoms with Crippen LogP contribution in [0.4, 0.5) is 0 Å². The zero-order chi connectivity index (χ0) is 17.8. The second kappa shape index (κ2) is 7.37. The molecule has 3 aromatic heterocycles. The van der Waals surface area contributed by atoms with Crippen LogP contribution >= 0.6 is 0 Å². The normalized spacial score (nSPS) is 11.2. The van der Waals surface area contributed by atoms with Crippen molar-refractivity contribution in [3.63, 3.8) is 0 Å². The van der Waals surface area contributed by atoms with Crippen LogP contribution in [0, 0.1) is 13.8 Å². The van der Waals surface area contributed by atoms with Crippen LogP contribution in [0.15, 0.2) is 12.7 Å². The van der Waals surface area contributed by atoms with Crippen molar-refractivity contribution in [1.29, 1.82) is 0 Å². The minimum Gasteiger partial charge on any atom is -0.356 e. The van der Waals surface area contributed by atoms with E-state index in [4.69, 9.17) is 0 Å². The highest BCUT2D eigenvalue weighted by Crippen LogP contribution is 2.14. The molecule has 0 fully saturated rings. The molecule has 0 atom stereocenters. The van der Waals surface area contributed by atoms with Crippen molar-refractivity contribution < 1.29 is 4.79 Å². The van der Waals surface area contributed by atoms with E-state index >= 15 is 0 Å². The van der Waals surface area contributed by atoms with Gasteiger partial charge in [-0.15, -0.1) is 10.2 Å².